The Morgan fingerprint density at radius 2 is 1.67 bits per heavy atom. The Morgan fingerprint density at radius 3 is 2.44 bits per heavy atom. The molecule has 2 heteroatoms. The summed E-state index contributed by atoms with van der Waals surface area (Å²) in [5.74, 6) is -0.168. The van der Waals surface area contributed by atoms with Gasteiger partial charge in [-0.15, -0.1) is 0 Å². The number of hydrogen-bond donors (Lipinski definition) is 1. The Hall–Kier alpha value is -1.67. The molecule has 0 aliphatic heterocycles. The van der Waals surface area contributed by atoms with Gasteiger partial charge in [-0.3, -0.25) is 0 Å². The van der Waals surface area contributed by atoms with Crippen molar-refractivity contribution in [3.8, 4) is 0 Å². The summed E-state index contributed by atoms with van der Waals surface area (Å²) in [5, 5.41) is 3.33. The van der Waals surface area contributed by atoms with E-state index in [-0.39, 0.29) is 5.82 Å². The summed E-state index contributed by atoms with van der Waals surface area (Å²) in [6.45, 7) is 1.68. The van der Waals surface area contributed by atoms with E-state index in [9.17, 15) is 4.39 Å². The van der Waals surface area contributed by atoms with Crippen LogP contribution in [0.4, 0.5) is 4.39 Å². The van der Waals surface area contributed by atoms with Gasteiger partial charge in [0.25, 0.3) is 0 Å². The average molecular weight is 243 g/mol. The maximum atomic E-state index is 12.9. The van der Waals surface area contributed by atoms with Crippen LogP contribution in [0, 0.1) is 5.82 Å². The summed E-state index contributed by atoms with van der Waals surface area (Å²) in [4.78, 5) is 0. The molecule has 0 radical (unpaired) electrons. The van der Waals surface area contributed by atoms with E-state index in [0.717, 1.165) is 31.5 Å². The fourth-order valence-corrected chi connectivity index (χ4v) is 1.94. The van der Waals surface area contributed by atoms with Crippen LogP contribution in [0.5, 0.6) is 0 Å². The topological polar surface area (TPSA) is 12.0 Å². The Labute approximate surface area is 108 Å². The lowest BCUT2D eigenvalue weighted by Crippen LogP contribution is -2.15. The highest BCUT2D eigenvalue weighted by molar-refractivity contribution is 5.16. The van der Waals surface area contributed by atoms with Gasteiger partial charge in [0.05, 0.1) is 0 Å². The Bertz CT molecular complexity index is 468. The van der Waals surface area contributed by atoms with E-state index in [1.807, 2.05) is 12.1 Å². The average Bonchev–Trinajstić information content (AvgIpc) is 2.40. The van der Waals surface area contributed by atoms with Gasteiger partial charge in [-0.2, -0.15) is 0 Å². The van der Waals surface area contributed by atoms with Crippen molar-refractivity contribution in [2.45, 2.75) is 19.4 Å². The maximum Gasteiger partial charge on any atom is 0.123 e. The van der Waals surface area contributed by atoms with Crippen LogP contribution in [-0.4, -0.2) is 6.54 Å². The van der Waals surface area contributed by atoms with Gasteiger partial charge in [-0.1, -0.05) is 42.5 Å². The zero-order chi connectivity index (χ0) is 12.6. The molecule has 0 aromatic heterocycles. The van der Waals surface area contributed by atoms with Gasteiger partial charge in [0.15, 0.2) is 0 Å². The lowest BCUT2D eigenvalue weighted by atomic mass is 10.1. The Morgan fingerprint density at radius 1 is 0.889 bits per heavy atom. The monoisotopic (exact) mass is 243 g/mol. The van der Waals surface area contributed by atoms with Crippen molar-refractivity contribution >= 4 is 0 Å². The summed E-state index contributed by atoms with van der Waals surface area (Å²) in [6.07, 6.45) is 2.18. The van der Waals surface area contributed by atoms with Crippen LogP contribution >= 0.6 is 0 Å². The molecule has 0 amide bonds. The molecule has 0 aliphatic carbocycles. The molecule has 0 heterocycles. The van der Waals surface area contributed by atoms with Crippen molar-refractivity contribution in [3.05, 3.63) is 71.5 Å². The lowest BCUT2D eigenvalue weighted by Gasteiger charge is -2.05. The predicted octanol–water partition coefficient (Wildman–Crippen LogP) is 3.55. The number of aryl methyl sites for hydroxylation is 1. The molecule has 0 spiro atoms. The Balaban J connectivity index is 1.65. The third kappa shape index (κ3) is 4.30. The van der Waals surface area contributed by atoms with Gasteiger partial charge in [-0.05, 0) is 42.6 Å². The molecule has 0 aliphatic rings. The zero-order valence-corrected chi connectivity index (χ0v) is 10.4. The van der Waals surface area contributed by atoms with Crippen molar-refractivity contribution in [3.63, 3.8) is 0 Å². The molecule has 2 rings (SSSR count). The summed E-state index contributed by atoms with van der Waals surface area (Å²) in [7, 11) is 0. The van der Waals surface area contributed by atoms with Crippen LogP contribution in [0.25, 0.3) is 0 Å². The molecule has 0 fully saturated rings. The summed E-state index contributed by atoms with van der Waals surface area (Å²) in [6, 6.07) is 17.2. The lowest BCUT2D eigenvalue weighted by molar-refractivity contribution is 0.616. The molecule has 0 unspecified atom stereocenters. The van der Waals surface area contributed by atoms with Crippen LogP contribution < -0.4 is 5.32 Å². The normalized spacial score (nSPS) is 10.5. The summed E-state index contributed by atoms with van der Waals surface area (Å²) >= 11 is 0. The Kier molecular flexibility index (Phi) is 4.91. The highest BCUT2D eigenvalue weighted by Gasteiger charge is 1.95. The van der Waals surface area contributed by atoms with Gasteiger partial charge in [0.1, 0.15) is 5.82 Å². The van der Waals surface area contributed by atoms with Crippen LogP contribution in [0.1, 0.15) is 17.5 Å². The van der Waals surface area contributed by atoms with Crippen molar-refractivity contribution in [2.75, 3.05) is 6.54 Å². The zero-order valence-electron chi connectivity index (χ0n) is 10.4. The van der Waals surface area contributed by atoms with E-state index in [1.165, 1.54) is 11.6 Å². The number of rotatable bonds is 6. The van der Waals surface area contributed by atoms with Crippen molar-refractivity contribution in [1.29, 1.82) is 0 Å². The van der Waals surface area contributed by atoms with E-state index >= 15 is 0 Å². The van der Waals surface area contributed by atoms with Gasteiger partial charge in [-0.25, -0.2) is 4.39 Å². The molecule has 18 heavy (non-hydrogen) atoms. The van der Waals surface area contributed by atoms with Crippen molar-refractivity contribution in [2.24, 2.45) is 0 Å². The van der Waals surface area contributed by atoms with Gasteiger partial charge in [0, 0.05) is 6.54 Å². The number of halogens is 1. The van der Waals surface area contributed by atoms with Gasteiger partial charge < -0.3 is 5.32 Å². The number of benzene rings is 2. The third-order valence-electron chi connectivity index (χ3n) is 2.88. The standard InChI is InChI=1S/C16H18FN/c17-16-10-4-8-15(12-16)13-18-11-5-9-14-6-2-1-3-7-14/h1-4,6-8,10,12,18H,5,9,11,13H2. The number of nitrogens with one attached hydrogen (secondary N) is 1. The third-order valence-corrected chi connectivity index (χ3v) is 2.88. The first kappa shape index (κ1) is 12.8. The second-order valence-corrected chi connectivity index (χ2v) is 4.40. The smallest absolute Gasteiger partial charge is 0.123 e. The van der Waals surface area contributed by atoms with E-state index in [4.69, 9.17) is 0 Å². The quantitative estimate of drug-likeness (QED) is 0.765. The van der Waals surface area contributed by atoms with Crippen molar-refractivity contribution in [1.82, 2.24) is 5.32 Å². The van der Waals surface area contributed by atoms with Gasteiger partial charge >= 0.3 is 0 Å². The fraction of sp³-hybridized carbons (Fsp3) is 0.250. The van der Waals surface area contributed by atoms with E-state index in [0.29, 0.717) is 0 Å². The molecule has 1 N–H and O–H groups in total. The molecule has 0 bridgehead atoms. The van der Waals surface area contributed by atoms with Gasteiger partial charge in [0.2, 0.25) is 0 Å². The minimum absolute atomic E-state index is 0.168. The first-order valence-electron chi connectivity index (χ1n) is 6.34. The molecule has 0 saturated heterocycles. The first-order chi connectivity index (χ1) is 8.84. The predicted molar refractivity (Wildman–Crippen MR) is 72.9 cm³/mol. The van der Waals surface area contributed by atoms with Crippen LogP contribution in [-0.2, 0) is 13.0 Å². The minimum Gasteiger partial charge on any atom is -0.313 e. The summed E-state index contributed by atoms with van der Waals surface area (Å²) < 4.78 is 12.9. The highest BCUT2D eigenvalue weighted by Crippen LogP contribution is 2.04. The fourth-order valence-electron chi connectivity index (χ4n) is 1.94. The van der Waals surface area contributed by atoms with E-state index in [1.54, 1.807) is 12.1 Å². The maximum absolute atomic E-state index is 12.9. The SMILES string of the molecule is Fc1cccc(CNCCCc2ccccc2)c1. The van der Waals surface area contributed by atoms with Crippen molar-refractivity contribution < 1.29 is 4.39 Å². The van der Waals surface area contributed by atoms with Crippen LogP contribution in [0.2, 0.25) is 0 Å². The van der Waals surface area contributed by atoms with E-state index < -0.39 is 0 Å². The summed E-state index contributed by atoms with van der Waals surface area (Å²) in [5.41, 5.74) is 2.36. The molecule has 0 saturated carbocycles. The molecular weight excluding hydrogens is 225 g/mol. The van der Waals surface area contributed by atoms with Crippen LogP contribution in [0.15, 0.2) is 54.6 Å². The molecule has 1 nitrogen and oxygen atoms in total. The van der Waals surface area contributed by atoms with E-state index in [2.05, 4.69) is 29.6 Å². The first-order valence-corrected chi connectivity index (χ1v) is 6.34. The molecular formula is C16H18FN. The molecule has 0 atom stereocenters. The second kappa shape index (κ2) is 6.92. The minimum atomic E-state index is -0.168. The number of hydrogen-bond acceptors (Lipinski definition) is 1. The highest BCUT2D eigenvalue weighted by atomic mass is 19.1. The molecule has 94 valence electrons. The van der Waals surface area contributed by atoms with Crippen LogP contribution in [0.3, 0.4) is 0 Å². The molecule has 2 aromatic carbocycles. The second-order valence-electron chi connectivity index (χ2n) is 4.40. The molecule has 2 aromatic rings. The largest absolute Gasteiger partial charge is 0.313 e.